The van der Waals surface area contributed by atoms with Crippen LogP contribution in [0.4, 0.5) is 0 Å². The molecule has 2 N–H and O–H groups in total. The molecule has 1 aliphatic heterocycles. The first kappa shape index (κ1) is 25.1. The molecule has 0 spiro atoms. The number of morpholine rings is 1. The Hall–Kier alpha value is -0.940. The maximum absolute atomic E-state index is 5.48. The number of hydrogen-bond acceptors (Lipinski definition) is 5. The lowest BCUT2D eigenvalue weighted by Crippen LogP contribution is -2.52. The molecule has 162 valence electrons. The first-order chi connectivity index (χ1) is 12.9. The third-order valence-electron chi connectivity index (χ3n) is 4.83. The maximum Gasteiger partial charge on any atom is 0.191 e. The number of nitrogens with one attached hydrogen (secondary N) is 2. The van der Waals surface area contributed by atoms with Crippen LogP contribution in [-0.2, 0) is 17.7 Å². The zero-order valence-corrected chi connectivity index (χ0v) is 20.4. The van der Waals surface area contributed by atoms with Crippen molar-refractivity contribution in [2.45, 2.75) is 53.1 Å². The Bertz CT molecular complexity index is 583. The lowest BCUT2D eigenvalue weighted by Gasteiger charge is -2.40. The fourth-order valence-electron chi connectivity index (χ4n) is 3.05. The van der Waals surface area contributed by atoms with E-state index >= 15 is 0 Å². The van der Waals surface area contributed by atoms with E-state index in [1.807, 2.05) is 0 Å². The highest BCUT2D eigenvalue weighted by Crippen LogP contribution is 2.16. The van der Waals surface area contributed by atoms with E-state index in [-0.39, 0.29) is 29.5 Å². The highest BCUT2D eigenvalue weighted by Gasteiger charge is 2.28. The highest BCUT2D eigenvalue weighted by atomic mass is 127. The normalized spacial score (nSPS) is 16.1. The minimum absolute atomic E-state index is 0. The van der Waals surface area contributed by atoms with Gasteiger partial charge in [-0.1, -0.05) is 20.8 Å². The van der Waals surface area contributed by atoms with Crippen molar-refractivity contribution in [2.24, 2.45) is 10.9 Å². The van der Waals surface area contributed by atoms with Crippen LogP contribution in [0.15, 0.2) is 11.3 Å². The molecule has 0 amide bonds. The molecule has 1 aromatic rings. The van der Waals surface area contributed by atoms with Gasteiger partial charge in [-0.2, -0.15) is 0 Å². The van der Waals surface area contributed by atoms with Gasteiger partial charge in [0.15, 0.2) is 5.96 Å². The summed E-state index contributed by atoms with van der Waals surface area (Å²) in [7, 11) is 0. The predicted molar refractivity (Wildman–Crippen MR) is 124 cm³/mol. The smallest absolute Gasteiger partial charge is 0.191 e. The summed E-state index contributed by atoms with van der Waals surface area (Å²) in [4.78, 5) is 7.34. The second-order valence-corrected chi connectivity index (χ2v) is 8.07. The summed E-state index contributed by atoms with van der Waals surface area (Å²) in [5.74, 6) is 2.45. The van der Waals surface area contributed by atoms with Crippen LogP contribution in [0.5, 0.6) is 0 Å². The number of hydrogen-bond donors (Lipinski definition) is 2. The second-order valence-electron chi connectivity index (χ2n) is 8.07. The van der Waals surface area contributed by atoms with Crippen LogP contribution in [0.3, 0.4) is 0 Å². The molecule has 9 heteroatoms. The average Bonchev–Trinajstić information content (AvgIpc) is 3.11. The van der Waals surface area contributed by atoms with Crippen LogP contribution in [0, 0.1) is 5.92 Å². The SMILES string of the molecule is CCc1nncn1CCNC(=NCC(C)(C)N1CCOCC1)NCC(C)C.I. The molecule has 0 aliphatic carbocycles. The standard InChI is InChI=1S/C19H37N7O.HI/c1-6-17-24-23-15-25(17)8-7-20-18(21-13-16(2)3)22-14-19(4,5)26-9-11-27-12-10-26;/h15-16H,6-14H2,1-5H3,(H2,20,21,22);1H. The zero-order chi connectivity index (χ0) is 19.7. The lowest BCUT2D eigenvalue weighted by molar-refractivity contribution is -0.00684. The van der Waals surface area contributed by atoms with Crippen LogP contribution in [-0.4, -0.2) is 77.1 Å². The zero-order valence-electron chi connectivity index (χ0n) is 18.1. The van der Waals surface area contributed by atoms with Crippen molar-refractivity contribution in [3.05, 3.63) is 12.2 Å². The van der Waals surface area contributed by atoms with Gasteiger partial charge in [-0.05, 0) is 19.8 Å². The van der Waals surface area contributed by atoms with Crippen molar-refractivity contribution in [1.82, 2.24) is 30.3 Å². The molecule has 0 atom stereocenters. The van der Waals surface area contributed by atoms with Crippen molar-refractivity contribution in [3.63, 3.8) is 0 Å². The molecule has 0 bridgehead atoms. The number of aliphatic imine (C=N–C) groups is 1. The average molecular weight is 507 g/mol. The number of aryl methyl sites for hydroxylation is 1. The molecule has 2 heterocycles. The summed E-state index contributed by atoms with van der Waals surface area (Å²) in [6.07, 6.45) is 2.68. The van der Waals surface area contributed by atoms with Gasteiger partial charge >= 0.3 is 0 Å². The molecule has 1 saturated heterocycles. The van der Waals surface area contributed by atoms with Gasteiger partial charge in [0.05, 0.1) is 19.8 Å². The van der Waals surface area contributed by atoms with Gasteiger partial charge in [-0.25, -0.2) is 0 Å². The predicted octanol–water partition coefficient (Wildman–Crippen LogP) is 1.76. The lowest BCUT2D eigenvalue weighted by atomic mass is 10.0. The fraction of sp³-hybridized carbons (Fsp3) is 0.842. The van der Waals surface area contributed by atoms with Gasteiger partial charge in [-0.3, -0.25) is 9.89 Å². The van der Waals surface area contributed by atoms with E-state index in [0.717, 1.165) is 70.7 Å². The molecule has 28 heavy (non-hydrogen) atoms. The monoisotopic (exact) mass is 507 g/mol. The van der Waals surface area contributed by atoms with Crippen molar-refractivity contribution in [3.8, 4) is 0 Å². The molecule has 1 fully saturated rings. The Labute approximate surface area is 186 Å². The van der Waals surface area contributed by atoms with Crippen LogP contribution < -0.4 is 10.6 Å². The quantitative estimate of drug-likeness (QED) is 0.301. The van der Waals surface area contributed by atoms with E-state index in [1.54, 1.807) is 6.33 Å². The van der Waals surface area contributed by atoms with Crippen molar-refractivity contribution >= 4 is 29.9 Å². The van der Waals surface area contributed by atoms with E-state index in [4.69, 9.17) is 9.73 Å². The van der Waals surface area contributed by atoms with Gasteiger partial charge in [0.1, 0.15) is 12.2 Å². The number of rotatable bonds is 9. The fourth-order valence-corrected chi connectivity index (χ4v) is 3.05. The van der Waals surface area contributed by atoms with Crippen LogP contribution >= 0.6 is 24.0 Å². The van der Waals surface area contributed by atoms with Crippen molar-refractivity contribution < 1.29 is 4.74 Å². The molecule has 0 saturated carbocycles. The third kappa shape index (κ3) is 8.20. The summed E-state index contributed by atoms with van der Waals surface area (Å²) in [5, 5.41) is 15.0. The summed E-state index contributed by atoms with van der Waals surface area (Å²) in [6.45, 7) is 17.8. The van der Waals surface area contributed by atoms with E-state index in [2.05, 4.69) is 64.9 Å². The van der Waals surface area contributed by atoms with Crippen LogP contribution in [0.1, 0.15) is 40.4 Å². The number of guanidine groups is 1. The molecule has 0 unspecified atom stereocenters. The minimum atomic E-state index is 0. The van der Waals surface area contributed by atoms with Gasteiger partial charge in [-0.15, -0.1) is 34.2 Å². The summed E-state index contributed by atoms with van der Waals surface area (Å²) in [5.41, 5.74) is 0.0138. The Morgan fingerprint density at radius 3 is 2.64 bits per heavy atom. The van der Waals surface area contributed by atoms with Gasteiger partial charge in [0.25, 0.3) is 0 Å². The number of nitrogens with zero attached hydrogens (tertiary/aromatic N) is 5. The van der Waals surface area contributed by atoms with Gasteiger partial charge in [0, 0.05) is 44.7 Å². The van der Waals surface area contributed by atoms with Crippen LogP contribution in [0.25, 0.3) is 0 Å². The number of halogens is 1. The molecule has 1 aromatic heterocycles. The second kappa shape index (κ2) is 12.6. The maximum atomic E-state index is 5.48. The van der Waals surface area contributed by atoms with Crippen molar-refractivity contribution in [2.75, 3.05) is 45.9 Å². The first-order valence-corrected chi connectivity index (χ1v) is 10.1. The highest BCUT2D eigenvalue weighted by molar-refractivity contribution is 14.0. The summed E-state index contributed by atoms with van der Waals surface area (Å²) >= 11 is 0. The number of aromatic nitrogens is 3. The molecule has 0 radical (unpaired) electrons. The Balaban J connectivity index is 0.00000392. The molecule has 1 aliphatic rings. The molecule has 8 nitrogen and oxygen atoms in total. The molecule has 0 aromatic carbocycles. The van der Waals surface area contributed by atoms with E-state index in [9.17, 15) is 0 Å². The molecular weight excluding hydrogens is 469 g/mol. The minimum Gasteiger partial charge on any atom is -0.379 e. The number of ether oxygens (including phenoxy) is 1. The van der Waals surface area contributed by atoms with E-state index in [0.29, 0.717) is 5.92 Å². The molecule has 2 rings (SSSR count). The Morgan fingerprint density at radius 1 is 1.29 bits per heavy atom. The van der Waals surface area contributed by atoms with E-state index in [1.165, 1.54) is 0 Å². The third-order valence-corrected chi connectivity index (χ3v) is 4.83. The Kier molecular flexibility index (Phi) is 11.3. The molecular formula is C19H38IN7O. The van der Waals surface area contributed by atoms with Crippen LogP contribution in [0.2, 0.25) is 0 Å². The Morgan fingerprint density at radius 2 is 2.00 bits per heavy atom. The van der Waals surface area contributed by atoms with Gasteiger partial charge < -0.3 is 19.9 Å². The van der Waals surface area contributed by atoms with Crippen molar-refractivity contribution in [1.29, 1.82) is 0 Å². The first-order valence-electron chi connectivity index (χ1n) is 10.1. The van der Waals surface area contributed by atoms with E-state index < -0.39 is 0 Å². The topological polar surface area (TPSA) is 79.6 Å². The van der Waals surface area contributed by atoms with Gasteiger partial charge in [0.2, 0.25) is 0 Å². The summed E-state index contributed by atoms with van der Waals surface area (Å²) < 4.78 is 7.57. The largest absolute Gasteiger partial charge is 0.379 e. The summed E-state index contributed by atoms with van der Waals surface area (Å²) in [6, 6.07) is 0.